The molecule has 0 bridgehead atoms. The molecule has 0 aliphatic heterocycles. The van der Waals surface area contributed by atoms with Crippen LogP contribution in [-0.4, -0.2) is 42.2 Å². The lowest BCUT2D eigenvalue weighted by atomic mass is 10.0. The third-order valence-electron chi connectivity index (χ3n) is 5.74. The second-order valence-corrected chi connectivity index (χ2v) is 10.4. The predicted octanol–water partition coefficient (Wildman–Crippen LogP) is 5.86. The highest BCUT2D eigenvalue weighted by molar-refractivity contribution is 9.10. The normalized spacial score (nSPS) is 11.5. The molecule has 0 radical (unpaired) electrons. The first kappa shape index (κ1) is 27.8. The summed E-state index contributed by atoms with van der Waals surface area (Å²) in [6.45, 7) is 2.97. The van der Waals surface area contributed by atoms with Crippen molar-refractivity contribution >= 4 is 39.5 Å². The van der Waals surface area contributed by atoms with Crippen molar-refractivity contribution in [2.45, 2.75) is 38.1 Å². The second-order valence-electron chi connectivity index (χ2n) is 8.49. The van der Waals surface area contributed by atoms with Crippen LogP contribution >= 0.6 is 27.7 Å². The minimum Gasteiger partial charge on any atom is -0.497 e. The molecule has 3 rings (SSSR count). The lowest BCUT2D eigenvalue weighted by molar-refractivity contribution is -0.139. The summed E-state index contributed by atoms with van der Waals surface area (Å²) in [5, 5.41) is 3.02. The molecule has 0 saturated carbocycles. The average molecular weight is 570 g/mol. The fourth-order valence-corrected chi connectivity index (χ4v) is 4.90. The maximum Gasteiger partial charge on any atom is 0.243 e. The summed E-state index contributed by atoms with van der Waals surface area (Å²) >= 11 is 5.03. The van der Waals surface area contributed by atoms with E-state index in [-0.39, 0.29) is 17.6 Å². The maximum atomic E-state index is 13.6. The summed E-state index contributed by atoms with van der Waals surface area (Å²) in [6.07, 6.45) is 1.30. The Labute approximate surface area is 226 Å². The van der Waals surface area contributed by atoms with Gasteiger partial charge in [-0.05, 0) is 47.4 Å². The van der Waals surface area contributed by atoms with E-state index in [0.717, 1.165) is 33.3 Å². The molecule has 0 saturated heterocycles. The molecule has 190 valence electrons. The number of amides is 2. The molecule has 7 heteroatoms. The number of rotatable bonds is 13. The van der Waals surface area contributed by atoms with E-state index in [0.29, 0.717) is 25.3 Å². The molecular weight excluding hydrogens is 536 g/mol. The van der Waals surface area contributed by atoms with Crippen molar-refractivity contribution in [3.8, 4) is 5.75 Å². The summed E-state index contributed by atoms with van der Waals surface area (Å²) < 4.78 is 6.20. The fraction of sp³-hybridized carbons (Fsp3) is 0.310. The van der Waals surface area contributed by atoms with Crippen molar-refractivity contribution in [2.24, 2.45) is 0 Å². The van der Waals surface area contributed by atoms with E-state index in [2.05, 4.69) is 21.2 Å². The summed E-state index contributed by atoms with van der Waals surface area (Å²) in [7, 11) is 1.64. The van der Waals surface area contributed by atoms with Gasteiger partial charge in [-0.3, -0.25) is 9.59 Å². The Morgan fingerprint density at radius 2 is 1.61 bits per heavy atom. The van der Waals surface area contributed by atoms with Crippen LogP contribution in [0.2, 0.25) is 0 Å². The Morgan fingerprint density at radius 3 is 2.25 bits per heavy atom. The number of nitrogens with zero attached hydrogens (tertiary/aromatic N) is 1. The van der Waals surface area contributed by atoms with E-state index >= 15 is 0 Å². The monoisotopic (exact) mass is 568 g/mol. The zero-order valence-corrected chi connectivity index (χ0v) is 23.2. The molecule has 0 aliphatic rings. The van der Waals surface area contributed by atoms with E-state index in [1.165, 1.54) is 0 Å². The first-order chi connectivity index (χ1) is 17.5. The number of hydrogen-bond donors (Lipinski definition) is 1. The molecule has 0 aliphatic carbocycles. The van der Waals surface area contributed by atoms with Gasteiger partial charge in [0.25, 0.3) is 0 Å². The number of methoxy groups -OCH3 is 1. The molecule has 3 aromatic rings. The van der Waals surface area contributed by atoms with E-state index in [4.69, 9.17) is 4.74 Å². The number of carbonyl (C=O) groups is 2. The minimum atomic E-state index is -0.600. The van der Waals surface area contributed by atoms with Gasteiger partial charge in [-0.15, -0.1) is 11.8 Å². The van der Waals surface area contributed by atoms with Gasteiger partial charge in [0, 0.05) is 29.7 Å². The Hall–Kier alpha value is -2.77. The topological polar surface area (TPSA) is 58.6 Å². The summed E-state index contributed by atoms with van der Waals surface area (Å²) in [5.74, 6) is 1.62. The third kappa shape index (κ3) is 8.71. The first-order valence-corrected chi connectivity index (χ1v) is 14.0. The number of ether oxygens (including phenoxy) is 1. The average Bonchev–Trinajstić information content (AvgIpc) is 2.91. The van der Waals surface area contributed by atoms with Gasteiger partial charge in [0.1, 0.15) is 11.8 Å². The van der Waals surface area contributed by atoms with Crippen molar-refractivity contribution < 1.29 is 14.3 Å². The molecule has 36 heavy (non-hydrogen) atoms. The van der Waals surface area contributed by atoms with Crippen LogP contribution in [0.3, 0.4) is 0 Å². The van der Waals surface area contributed by atoms with Crippen molar-refractivity contribution in [2.75, 3.05) is 19.4 Å². The first-order valence-electron chi connectivity index (χ1n) is 12.1. The fourth-order valence-electron chi connectivity index (χ4n) is 3.77. The molecule has 0 heterocycles. The van der Waals surface area contributed by atoms with Crippen LogP contribution in [0.1, 0.15) is 30.0 Å². The molecule has 0 unspecified atom stereocenters. The minimum absolute atomic E-state index is 0.0518. The smallest absolute Gasteiger partial charge is 0.243 e. The zero-order valence-electron chi connectivity index (χ0n) is 20.8. The van der Waals surface area contributed by atoms with Crippen LogP contribution in [0.4, 0.5) is 0 Å². The van der Waals surface area contributed by atoms with Crippen molar-refractivity contribution in [1.82, 2.24) is 10.2 Å². The van der Waals surface area contributed by atoms with Crippen LogP contribution in [0.25, 0.3) is 0 Å². The molecule has 0 fully saturated rings. The Balaban J connectivity index is 1.80. The lowest BCUT2D eigenvalue weighted by Gasteiger charge is -2.31. The van der Waals surface area contributed by atoms with E-state index in [1.807, 2.05) is 85.8 Å². The Kier molecular flexibility index (Phi) is 11.4. The van der Waals surface area contributed by atoms with Crippen LogP contribution < -0.4 is 10.1 Å². The maximum absolute atomic E-state index is 13.6. The molecular formula is C29H33BrN2O3S. The van der Waals surface area contributed by atoms with Crippen LogP contribution in [-0.2, 0) is 28.3 Å². The molecule has 2 amide bonds. The van der Waals surface area contributed by atoms with Gasteiger partial charge in [0.15, 0.2) is 0 Å². The number of nitrogens with one attached hydrogen (secondary N) is 1. The number of hydrogen-bond acceptors (Lipinski definition) is 4. The number of halogens is 1. The number of benzene rings is 3. The van der Waals surface area contributed by atoms with Crippen LogP contribution in [0.5, 0.6) is 5.75 Å². The van der Waals surface area contributed by atoms with Gasteiger partial charge in [-0.2, -0.15) is 0 Å². The van der Waals surface area contributed by atoms with Crippen molar-refractivity contribution in [3.63, 3.8) is 0 Å². The summed E-state index contributed by atoms with van der Waals surface area (Å²) in [5.41, 5.74) is 3.12. The molecule has 1 N–H and O–H groups in total. The third-order valence-corrected chi connectivity index (χ3v) is 7.26. The quantitative estimate of drug-likeness (QED) is 0.280. The SMILES string of the molecule is CCCNC(=O)[C@H](Cc1ccccc1)N(Cc1ccc(Br)cc1)C(=O)CSCc1ccc(OC)cc1. The lowest BCUT2D eigenvalue weighted by Crippen LogP contribution is -2.51. The highest BCUT2D eigenvalue weighted by atomic mass is 79.9. The number of thioether (sulfide) groups is 1. The predicted molar refractivity (Wildman–Crippen MR) is 151 cm³/mol. The van der Waals surface area contributed by atoms with Gasteiger partial charge in [-0.1, -0.05) is 77.5 Å². The van der Waals surface area contributed by atoms with Crippen LogP contribution in [0, 0.1) is 0 Å². The summed E-state index contributed by atoms with van der Waals surface area (Å²) in [6, 6.07) is 25.0. The Bertz CT molecular complexity index is 1090. The highest BCUT2D eigenvalue weighted by Crippen LogP contribution is 2.20. The van der Waals surface area contributed by atoms with Crippen molar-refractivity contribution in [3.05, 3.63) is 100 Å². The van der Waals surface area contributed by atoms with Gasteiger partial charge >= 0.3 is 0 Å². The van der Waals surface area contributed by atoms with Crippen LogP contribution in [0.15, 0.2) is 83.3 Å². The van der Waals surface area contributed by atoms with Gasteiger partial charge in [-0.25, -0.2) is 0 Å². The van der Waals surface area contributed by atoms with E-state index in [9.17, 15) is 9.59 Å². The standard InChI is InChI=1S/C29H33BrN2O3S/c1-3-17-31-29(34)27(18-22-7-5-4-6-8-22)32(19-23-9-13-25(30)14-10-23)28(33)21-36-20-24-11-15-26(35-2)16-12-24/h4-16,27H,3,17-21H2,1-2H3,(H,31,34)/t27-/m0/s1. The zero-order chi connectivity index (χ0) is 25.8. The van der Waals surface area contributed by atoms with Crippen molar-refractivity contribution in [1.29, 1.82) is 0 Å². The summed E-state index contributed by atoms with van der Waals surface area (Å²) in [4.78, 5) is 28.7. The molecule has 3 aromatic carbocycles. The highest BCUT2D eigenvalue weighted by Gasteiger charge is 2.30. The van der Waals surface area contributed by atoms with E-state index < -0.39 is 6.04 Å². The van der Waals surface area contributed by atoms with Gasteiger partial charge < -0.3 is 15.0 Å². The van der Waals surface area contributed by atoms with Gasteiger partial charge in [0.2, 0.25) is 11.8 Å². The molecule has 1 atom stereocenters. The Morgan fingerprint density at radius 1 is 0.944 bits per heavy atom. The number of carbonyl (C=O) groups excluding carboxylic acids is 2. The second kappa shape index (κ2) is 14.7. The van der Waals surface area contributed by atoms with E-state index in [1.54, 1.807) is 23.8 Å². The molecule has 0 aromatic heterocycles. The molecule has 5 nitrogen and oxygen atoms in total. The molecule has 0 spiro atoms. The largest absolute Gasteiger partial charge is 0.497 e. The van der Waals surface area contributed by atoms with Gasteiger partial charge in [0.05, 0.1) is 12.9 Å².